The minimum absolute atomic E-state index is 0.0798. The molecule has 4 heteroatoms. The maximum atomic E-state index is 11.4. The van der Waals surface area contributed by atoms with Gasteiger partial charge in [0.2, 0.25) is 0 Å². The van der Waals surface area contributed by atoms with Gasteiger partial charge in [-0.1, -0.05) is 27.5 Å². The molecule has 0 spiro atoms. The number of aromatic hydroxyl groups is 1. The molecule has 13 heavy (non-hydrogen) atoms. The van der Waals surface area contributed by atoms with Crippen molar-refractivity contribution < 1.29 is 9.90 Å². The van der Waals surface area contributed by atoms with E-state index < -0.39 is 0 Å². The number of ketones is 1. The van der Waals surface area contributed by atoms with Crippen LogP contribution in [0.15, 0.2) is 18.2 Å². The summed E-state index contributed by atoms with van der Waals surface area (Å²) in [5.41, 5.74) is 0.286. The molecule has 1 N–H and O–H groups in total. The van der Waals surface area contributed by atoms with E-state index in [1.54, 1.807) is 13.0 Å². The molecule has 0 bridgehead atoms. The average molecular weight is 264 g/mol. The van der Waals surface area contributed by atoms with Crippen LogP contribution in [0.2, 0.25) is 5.02 Å². The Balaban J connectivity index is 3.09. The van der Waals surface area contributed by atoms with Gasteiger partial charge < -0.3 is 5.11 Å². The first-order valence-electron chi connectivity index (χ1n) is 3.69. The van der Waals surface area contributed by atoms with Crippen LogP contribution < -0.4 is 0 Å². The number of hydrogen-bond acceptors (Lipinski definition) is 2. The Morgan fingerprint density at radius 3 is 2.69 bits per heavy atom. The first-order chi connectivity index (χ1) is 6.02. The van der Waals surface area contributed by atoms with E-state index in [-0.39, 0.29) is 21.9 Å². The molecule has 0 heterocycles. The molecule has 0 aliphatic carbocycles. The van der Waals surface area contributed by atoms with Crippen molar-refractivity contribution in [1.82, 2.24) is 0 Å². The number of carbonyl (C=O) groups is 1. The lowest BCUT2D eigenvalue weighted by atomic mass is 10.1. The zero-order chi connectivity index (χ0) is 10.0. The van der Waals surface area contributed by atoms with Crippen molar-refractivity contribution in [2.45, 2.75) is 11.8 Å². The fraction of sp³-hybridized carbons (Fsp3) is 0.222. The molecule has 1 rings (SSSR count). The highest BCUT2D eigenvalue weighted by Crippen LogP contribution is 2.24. The molecule has 1 unspecified atom stereocenters. The molecule has 0 radical (unpaired) electrons. The maximum absolute atomic E-state index is 11.4. The lowest BCUT2D eigenvalue weighted by Crippen LogP contribution is -2.09. The van der Waals surface area contributed by atoms with E-state index in [1.807, 2.05) is 0 Å². The molecule has 70 valence electrons. The van der Waals surface area contributed by atoms with Crippen molar-refractivity contribution in [2.75, 3.05) is 0 Å². The van der Waals surface area contributed by atoms with E-state index in [0.29, 0.717) is 5.02 Å². The number of Topliss-reactive ketones (excluding diaryl/α,β-unsaturated/α-hetero) is 1. The summed E-state index contributed by atoms with van der Waals surface area (Å²) in [6.07, 6.45) is 0. The van der Waals surface area contributed by atoms with Crippen LogP contribution in [0, 0.1) is 0 Å². The van der Waals surface area contributed by atoms with Crippen molar-refractivity contribution in [3.05, 3.63) is 28.8 Å². The highest BCUT2D eigenvalue weighted by Gasteiger charge is 2.15. The molecule has 2 nitrogen and oxygen atoms in total. The number of halogens is 2. The molecule has 0 saturated heterocycles. The molecule has 0 fully saturated rings. The zero-order valence-electron chi connectivity index (χ0n) is 6.92. The van der Waals surface area contributed by atoms with Gasteiger partial charge in [0.05, 0.1) is 10.4 Å². The van der Waals surface area contributed by atoms with E-state index >= 15 is 0 Å². The smallest absolute Gasteiger partial charge is 0.179 e. The van der Waals surface area contributed by atoms with Gasteiger partial charge in [0.25, 0.3) is 0 Å². The van der Waals surface area contributed by atoms with Crippen molar-refractivity contribution in [1.29, 1.82) is 0 Å². The molecule has 1 atom stereocenters. The van der Waals surface area contributed by atoms with Crippen molar-refractivity contribution in [3.63, 3.8) is 0 Å². The number of alkyl halides is 1. The molecular weight excluding hydrogens is 255 g/mol. The third-order valence-electron chi connectivity index (χ3n) is 1.59. The molecule has 1 aromatic carbocycles. The summed E-state index contributed by atoms with van der Waals surface area (Å²) in [5, 5.41) is 9.80. The van der Waals surface area contributed by atoms with E-state index in [0.717, 1.165) is 0 Å². The Kier molecular flexibility index (Phi) is 3.33. The summed E-state index contributed by atoms with van der Waals surface area (Å²) in [6, 6.07) is 4.44. The van der Waals surface area contributed by atoms with E-state index in [1.165, 1.54) is 12.1 Å². The van der Waals surface area contributed by atoms with Gasteiger partial charge in [0.1, 0.15) is 5.75 Å². The second kappa shape index (κ2) is 4.11. The number of carbonyl (C=O) groups excluding carboxylic acids is 1. The van der Waals surface area contributed by atoms with E-state index in [2.05, 4.69) is 15.9 Å². The minimum atomic E-state index is -0.306. The van der Waals surface area contributed by atoms with Crippen LogP contribution in [0.3, 0.4) is 0 Å². The molecule has 0 aliphatic rings. The lowest BCUT2D eigenvalue weighted by Gasteiger charge is -2.05. The highest BCUT2D eigenvalue weighted by molar-refractivity contribution is 9.10. The van der Waals surface area contributed by atoms with Gasteiger partial charge in [-0.15, -0.1) is 0 Å². The molecule has 0 amide bonds. The van der Waals surface area contributed by atoms with Crippen LogP contribution in [0.25, 0.3) is 0 Å². The zero-order valence-corrected chi connectivity index (χ0v) is 9.26. The highest BCUT2D eigenvalue weighted by atomic mass is 79.9. The van der Waals surface area contributed by atoms with Crippen LogP contribution >= 0.6 is 27.5 Å². The fourth-order valence-corrected chi connectivity index (χ4v) is 1.34. The van der Waals surface area contributed by atoms with Gasteiger partial charge in [0.15, 0.2) is 5.78 Å². The van der Waals surface area contributed by atoms with E-state index in [4.69, 9.17) is 11.6 Å². The molecule has 0 aromatic heterocycles. The maximum Gasteiger partial charge on any atom is 0.179 e. The van der Waals surface area contributed by atoms with Gasteiger partial charge in [-0.3, -0.25) is 4.79 Å². The summed E-state index contributed by atoms with van der Waals surface area (Å²) < 4.78 is 0. The molecule has 1 aromatic rings. The standard InChI is InChI=1S/C9H8BrClO2/c1-5(10)9(13)7-3-2-6(11)4-8(7)12/h2-5,12H,1H3. The molecular formula is C9H8BrClO2. The number of phenols is 1. The van der Waals surface area contributed by atoms with Crippen molar-refractivity contribution in [3.8, 4) is 5.75 Å². The molecule has 0 aliphatic heterocycles. The third kappa shape index (κ3) is 2.45. The first kappa shape index (κ1) is 10.5. The quantitative estimate of drug-likeness (QED) is 0.658. The lowest BCUT2D eigenvalue weighted by molar-refractivity contribution is 0.0993. The summed E-state index contributed by atoms with van der Waals surface area (Å²) in [6.45, 7) is 1.70. The van der Waals surface area contributed by atoms with Gasteiger partial charge in [-0.2, -0.15) is 0 Å². The monoisotopic (exact) mass is 262 g/mol. The first-order valence-corrected chi connectivity index (χ1v) is 4.98. The Bertz CT molecular complexity index is 336. The topological polar surface area (TPSA) is 37.3 Å². The minimum Gasteiger partial charge on any atom is -0.507 e. The van der Waals surface area contributed by atoms with Crippen molar-refractivity contribution in [2.24, 2.45) is 0 Å². The van der Waals surface area contributed by atoms with Crippen molar-refractivity contribution >= 4 is 33.3 Å². The van der Waals surface area contributed by atoms with Gasteiger partial charge >= 0.3 is 0 Å². The summed E-state index contributed by atoms with van der Waals surface area (Å²) in [4.78, 5) is 11.1. The average Bonchev–Trinajstić information content (AvgIpc) is 2.03. The summed E-state index contributed by atoms with van der Waals surface area (Å²) in [5.74, 6) is -0.238. The van der Waals surface area contributed by atoms with Crippen LogP contribution in [0.1, 0.15) is 17.3 Å². The number of hydrogen-bond donors (Lipinski definition) is 1. The molecule has 0 saturated carbocycles. The van der Waals surface area contributed by atoms with Crippen LogP contribution in [0.4, 0.5) is 0 Å². The Morgan fingerprint density at radius 1 is 1.62 bits per heavy atom. The number of benzene rings is 1. The van der Waals surface area contributed by atoms with Gasteiger partial charge in [-0.05, 0) is 25.1 Å². The SMILES string of the molecule is CC(Br)C(=O)c1ccc(Cl)cc1O. The van der Waals surface area contributed by atoms with Crippen LogP contribution in [-0.4, -0.2) is 15.7 Å². The van der Waals surface area contributed by atoms with E-state index in [9.17, 15) is 9.90 Å². The summed E-state index contributed by atoms with van der Waals surface area (Å²) >= 11 is 8.75. The largest absolute Gasteiger partial charge is 0.507 e. The fourth-order valence-electron chi connectivity index (χ4n) is 0.927. The number of phenolic OH excluding ortho intramolecular Hbond substituents is 1. The predicted octanol–water partition coefficient (Wildman–Crippen LogP) is 3.01. The van der Waals surface area contributed by atoms with Crippen LogP contribution in [-0.2, 0) is 0 Å². The predicted molar refractivity (Wildman–Crippen MR) is 55.8 cm³/mol. The Hall–Kier alpha value is -0.540. The second-order valence-corrected chi connectivity index (χ2v) is 4.45. The number of rotatable bonds is 2. The van der Waals surface area contributed by atoms with Gasteiger partial charge in [0, 0.05) is 5.02 Å². The Labute approximate surface area is 89.7 Å². The second-order valence-electron chi connectivity index (χ2n) is 2.64. The van der Waals surface area contributed by atoms with Gasteiger partial charge in [-0.25, -0.2) is 0 Å². The van der Waals surface area contributed by atoms with Crippen LogP contribution in [0.5, 0.6) is 5.75 Å². The normalized spacial score (nSPS) is 12.5. The summed E-state index contributed by atoms with van der Waals surface area (Å²) in [7, 11) is 0. The third-order valence-corrected chi connectivity index (χ3v) is 2.24. The Morgan fingerprint density at radius 2 is 2.23 bits per heavy atom.